The molecule has 166 valence electrons. The SMILES string of the molecule is COc1ccccc1C1C(C(=O)Nc2nc3ccc(C)cc3s2)C(C)=NN1c1ccccc1. The van der Waals surface area contributed by atoms with Crippen LogP contribution in [0.5, 0.6) is 5.75 Å². The van der Waals surface area contributed by atoms with Crippen LogP contribution in [0, 0.1) is 12.8 Å². The van der Waals surface area contributed by atoms with Crippen molar-refractivity contribution in [3.8, 4) is 5.75 Å². The Morgan fingerprint density at radius 1 is 1.03 bits per heavy atom. The number of ether oxygens (including phenoxy) is 1. The molecule has 0 radical (unpaired) electrons. The van der Waals surface area contributed by atoms with Crippen molar-refractivity contribution in [1.29, 1.82) is 0 Å². The summed E-state index contributed by atoms with van der Waals surface area (Å²) in [6.45, 7) is 3.95. The summed E-state index contributed by atoms with van der Waals surface area (Å²) >= 11 is 1.48. The number of hydrogen-bond acceptors (Lipinski definition) is 6. The van der Waals surface area contributed by atoms with Crippen molar-refractivity contribution in [2.75, 3.05) is 17.4 Å². The normalized spacial score (nSPS) is 17.8. The van der Waals surface area contributed by atoms with Gasteiger partial charge in [0.05, 0.1) is 34.8 Å². The molecular formula is C26H24N4O2S. The third-order valence-corrected chi connectivity index (χ3v) is 6.76. The Kier molecular flexibility index (Phi) is 5.56. The standard InChI is InChI=1S/C26H24N4O2S/c1-16-13-14-20-22(15-16)33-26(27-20)28-25(31)23-17(2)29-30(18-9-5-4-6-10-18)24(23)19-11-7-8-12-21(19)32-3/h4-15,23-24H,1-3H3,(H,27,28,31). The fourth-order valence-corrected chi connectivity index (χ4v) is 5.25. The highest BCUT2D eigenvalue weighted by atomic mass is 32.1. The molecule has 0 saturated heterocycles. The Morgan fingerprint density at radius 3 is 2.58 bits per heavy atom. The van der Waals surface area contributed by atoms with E-state index in [1.165, 1.54) is 11.3 Å². The zero-order chi connectivity index (χ0) is 22.9. The minimum Gasteiger partial charge on any atom is -0.496 e. The van der Waals surface area contributed by atoms with Crippen molar-refractivity contribution in [3.05, 3.63) is 83.9 Å². The second-order valence-electron chi connectivity index (χ2n) is 8.07. The number of thiazole rings is 1. The molecule has 3 aromatic carbocycles. The number of para-hydroxylation sites is 2. The maximum absolute atomic E-state index is 13.6. The summed E-state index contributed by atoms with van der Waals surface area (Å²) in [5.41, 5.74) is 4.61. The van der Waals surface area contributed by atoms with Crippen LogP contribution < -0.4 is 15.1 Å². The third kappa shape index (κ3) is 3.96. The van der Waals surface area contributed by atoms with E-state index in [-0.39, 0.29) is 11.9 Å². The minimum absolute atomic E-state index is 0.138. The lowest BCUT2D eigenvalue weighted by Crippen LogP contribution is -2.34. The van der Waals surface area contributed by atoms with Crippen molar-refractivity contribution in [1.82, 2.24) is 4.98 Å². The summed E-state index contributed by atoms with van der Waals surface area (Å²) in [6, 6.07) is 23.4. The van der Waals surface area contributed by atoms with Gasteiger partial charge in [0.25, 0.3) is 0 Å². The van der Waals surface area contributed by atoms with E-state index < -0.39 is 5.92 Å². The van der Waals surface area contributed by atoms with E-state index in [0.717, 1.165) is 38.5 Å². The van der Waals surface area contributed by atoms with Gasteiger partial charge in [0.15, 0.2) is 5.13 Å². The Bertz CT molecular complexity index is 1350. The van der Waals surface area contributed by atoms with Gasteiger partial charge in [0.2, 0.25) is 5.91 Å². The number of fused-ring (bicyclic) bond motifs is 1. The molecule has 0 aliphatic carbocycles. The first-order valence-electron chi connectivity index (χ1n) is 10.8. The van der Waals surface area contributed by atoms with Crippen molar-refractivity contribution in [2.45, 2.75) is 19.9 Å². The monoisotopic (exact) mass is 456 g/mol. The molecule has 5 rings (SSSR count). The van der Waals surface area contributed by atoms with Crippen molar-refractivity contribution in [3.63, 3.8) is 0 Å². The molecule has 1 N–H and O–H groups in total. The van der Waals surface area contributed by atoms with Crippen LogP contribution in [0.25, 0.3) is 10.2 Å². The highest BCUT2D eigenvalue weighted by Crippen LogP contribution is 2.43. The molecule has 0 bridgehead atoms. The van der Waals surface area contributed by atoms with Crippen LogP contribution in [0.1, 0.15) is 24.1 Å². The fourth-order valence-electron chi connectivity index (χ4n) is 4.29. The molecule has 1 aromatic heterocycles. The summed E-state index contributed by atoms with van der Waals surface area (Å²) in [7, 11) is 1.65. The molecule has 1 aliphatic rings. The largest absolute Gasteiger partial charge is 0.496 e. The molecule has 2 unspecified atom stereocenters. The van der Waals surface area contributed by atoms with Gasteiger partial charge in [-0.15, -0.1) is 0 Å². The predicted octanol–water partition coefficient (Wildman–Crippen LogP) is 5.81. The molecule has 0 fully saturated rings. The number of hydrazone groups is 1. The van der Waals surface area contributed by atoms with Crippen molar-refractivity contribution < 1.29 is 9.53 Å². The number of carbonyl (C=O) groups excluding carboxylic acids is 1. The Morgan fingerprint density at radius 2 is 1.79 bits per heavy atom. The number of rotatable bonds is 5. The topological polar surface area (TPSA) is 66.8 Å². The number of aryl methyl sites for hydroxylation is 1. The van der Waals surface area contributed by atoms with E-state index >= 15 is 0 Å². The van der Waals surface area contributed by atoms with Gasteiger partial charge in [-0.3, -0.25) is 9.80 Å². The summed E-state index contributed by atoms with van der Waals surface area (Å²) in [6.07, 6.45) is 0. The first-order chi connectivity index (χ1) is 16.0. The van der Waals surface area contributed by atoms with Crippen LogP contribution in [-0.2, 0) is 4.79 Å². The molecule has 0 spiro atoms. The minimum atomic E-state index is -0.504. The van der Waals surface area contributed by atoms with E-state index in [4.69, 9.17) is 9.84 Å². The second-order valence-corrected chi connectivity index (χ2v) is 9.10. The van der Waals surface area contributed by atoms with Crippen LogP contribution in [-0.4, -0.2) is 23.7 Å². The lowest BCUT2D eigenvalue weighted by molar-refractivity contribution is -0.118. The molecule has 4 aromatic rings. The summed E-state index contributed by atoms with van der Waals surface area (Å²) in [5, 5.41) is 10.4. The van der Waals surface area contributed by atoms with Crippen LogP contribution in [0.4, 0.5) is 10.8 Å². The number of nitrogens with zero attached hydrogens (tertiary/aromatic N) is 3. The molecular weight excluding hydrogens is 432 g/mol. The molecule has 6 nitrogen and oxygen atoms in total. The van der Waals surface area contributed by atoms with Gasteiger partial charge < -0.3 is 10.1 Å². The number of benzene rings is 3. The number of methoxy groups -OCH3 is 1. The van der Waals surface area contributed by atoms with E-state index in [2.05, 4.69) is 16.4 Å². The van der Waals surface area contributed by atoms with Gasteiger partial charge in [0.1, 0.15) is 11.7 Å². The van der Waals surface area contributed by atoms with E-state index in [9.17, 15) is 4.79 Å². The number of anilines is 2. The fraction of sp³-hybridized carbons (Fsp3) is 0.192. The Balaban J connectivity index is 1.53. The Labute approximate surface area is 196 Å². The molecule has 2 atom stereocenters. The van der Waals surface area contributed by atoms with Gasteiger partial charge in [-0.05, 0) is 49.7 Å². The highest BCUT2D eigenvalue weighted by molar-refractivity contribution is 7.22. The average molecular weight is 457 g/mol. The van der Waals surface area contributed by atoms with Gasteiger partial charge in [-0.1, -0.05) is 53.8 Å². The van der Waals surface area contributed by atoms with Crippen LogP contribution in [0.2, 0.25) is 0 Å². The lowest BCUT2D eigenvalue weighted by atomic mass is 9.89. The molecule has 2 heterocycles. The van der Waals surface area contributed by atoms with E-state index in [1.54, 1.807) is 7.11 Å². The summed E-state index contributed by atoms with van der Waals surface area (Å²) in [5.74, 6) is 0.0817. The van der Waals surface area contributed by atoms with Gasteiger partial charge >= 0.3 is 0 Å². The molecule has 1 amide bonds. The zero-order valence-corrected chi connectivity index (χ0v) is 19.5. The molecule has 33 heavy (non-hydrogen) atoms. The van der Waals surface area contributed by atoms with Crippen LogP contribution in [0.3, 0.4) is 0 Å². The van der Waals surface area contributed by atoms with Crippen LogP contribution in [0.15, 0.2) is 77.9 Å². The van der Waals surface area contributed by atoms with Crippen molar-refractivity contribution in [2.24, 2.45) is 11.0 Å². The average Bonchev–Trinajstić information content (AvgIpc) is 3.39. The maximum atomic E-state index is 13.6. The number of aromatic nitrogens is 1. The molecule has 0 saturated carbocycles. The van der Waals surface area contributed by atoms with Gasteiger partial charge in [-0.25, -0.2) is 4.98 Å². The van der Waals surface area contributed by atoms with Gasteiger partial charge in [-0.2, -0.15) is 5.10 Å². The number of amides is 1. The predicted molar refractivity (Wildman–Crippen MR) is 134 cm³/mol. The maximum Gasteiger partial charge on any atom is 0.237 e. The number of carbonyl (C=O) groups is 1. The van der Waals surface area contributed by atoms with Crippen molar-refractivity contribution >= 4 is 44.0 Å². The summed E-state index contributed by atoms with van der Waals surface area (Å²) in [4.78, 5) is 18.2. The highest BCUT2D eigenvalue weighted by Gasteiger charge is 2.43. The van der Waals surface area contributed by atoms with E-state index in [1.807, 2.05) is 85.6 Å². The quantitative estimate of drug-likeness (QED) is 0.412. The first kappa shape index (κ1) is 21.2. The zero-order valence-electron chi connectivity index (χ0n) is 18.6. The number of hydrogen-bond donors (Lipinski definition) is 1. The first-order valence-corrected chi connectivity index (χ1v) is 11.6. The molecule has 1 aliphatic heterocycles. The molecule has 7 heteroatoms. The Hall–Kier alpha value is -3.71. The summed E-state index contributed by atoms with van der Waals surface area (Å²) < 4.78 is 6.71. The van der Waals surface area contributed by atoms with Gasteiger partial charge in [0, 0.05) is 5.56 Å². The third-order valence-electron chi connectivity index (χ3n) is 5.83. The smallest absolute Gasteiger partial charge is 0.237 e. The van der Waals surface area contributed by atoms with Crippen LogP contribution >= 0.6 is 11.3 Å². The lowest BCUT2D eigenvalue weighted by Gasteiger charge is -2.29. The van der Waals surface area contributed by atoms with E-state index in [0.29, 0.717) is 5.13 Å². The second kappa shape index (κ2) is 8.67. The number of nitrogens with one attached hydrogen (secondary N) is 1.